The topological polar surface area (TPSA) is 35.2 Å². The Labute approximate surface area is 130 Å². The Kier molecular flexibility index (Phi) is 3.25. The summed E-state index contributed by atoms with van der Waals surface area (Å²) in [5.41, 5.74) is 8.54. The van der Waals surface area contributed by atoms with Crippen molar-refractivity contribution < 1.29 is 4.74 Å². The lowest BCUT2D eigenvalue weighted by molar-refractivity contribution is -0.151. The molecule has 0 aromatic rings. The molecule has 1 heterocycles. The fraction of sp³-hybridized carbons (Fsp3) is 1.00. The average molecular weight is 291 g/mol. The van der Waals surface area contributed by atoms with Gasteiger partial charge in [-0.1, -0.05) is 13.8 Å². The van der Waals surface area contributed by atoms with Crippen LogP contribution in [0.3, 0.4) is 0 Å². The lowest BCUT2D eigenvalue weighted by Crippen LogP contribution is -2.56. The van der Waals surface area contributed by atoms with E-state index in [1.165, 1.54) is 57.8 Å². The zero-order valence-corrected chi connectivity index (χ0v) is 14.0. The average Bonchev–Trinajstić information content (AvgIpc) is 2.34. The quantitative estimate of drug-likeness (QED) is 0.848. The van der Waals surface area contributed by atoms with E-state index in [0.717, 1.165) is 19.1 Å². The lowest BCUT2D eigenvalue weighted by atomic mass is 9.39. The highest BCUT2D eigenvalue weighted by molar-refractivity contribution is 5.11. The fourth-order valence-corrected chi connectivity index (χ4v) is 7.72. The van der Waals surface area contributed by atoms with Gasteiger partial charge in [0.1, 0.15) is 0 Å². The summed E-state index contributed by atoms with van der Waals surface area (Å²) < 4.78 is 5.52. The van der Waals surface area contributed by atoms with Crippen LogP contribution in [0.15, 0.2) is 0 Å². The number of hydrogen-bond donors (Lipinski definition) is 1. The standard InChI is InChI=1S/C19H33NO/c1-17-7-14-8-18(2,11-17)13-19(9-14,12-17)10-16(20)15-3-5-21-6-4-15/h14-16H,3-13,20H2,1-2H3. The maximum atomic E-state index is 6.70. The van der Waals surface area contributed by atoms with Crippen LogP contribution < -0.4 is 5.73 Å². The summed E-state index contributed by atoms with van der Waals surface area (Å²) in [6.07, 6.45) is 12.5. The van der Waals surface area contributed by atoms with E-state index in [1.807, 2.05) is 0 Å². The molecule has 4 saturated carbocycles. The van der Waals surface area contributed by atoms with Crippen LogP contribution in [0.2, 0.25) is 0 Å². The van der Waals surface area contributed by atoms with Gasteiger partial charge in [0.05, 0.1) is 0 Å². The molecule has 1 aliphatic heterocycles. The molecule has 5 fully saturated rings. The zero-order valence-electron chi connectivity index (χ0n) is 14.0. The van der Waals surface area contributed by atoms with Gasteiger partial charge in [0.2, 0.25) is 0 Å². The second-order valence-electron chi connectivity index (χ2n) is 9.95. The molecule has 2 N–H and O–H groups in total. The third-order valence-corrected chi connectivity index (χ3v) is 7.28. The van der Waals surface area contributed by atoms with Crippen LogP contribution >= 0.6 is 0 Å². The summed E-state index contributed by atoms with van der Waals surface area (Å²) >= 11 is 0. The minimum Gasteiger partial charge on any atom is -0.381 e. The van der Waals surface area contributed by atoms with Crippen LogP contribution in [0.1, 0.15) is 71.6 Å². The maximum absolute atomic E-state index is 6.70. The first kappa shape index (κ1) is 14.5. The minimum atomic E-state index is 0.414. The van der Waals surface area contributed by atoms with Gasteiger partial charge < -0.3 is 10.5 Å². The van der Waals surface area contributed by atoms with Crippen molar-refractivity contribution in [3.63, 3.8) is 0 Å². The Balaban J connectivity index is 1.51. The molecule has 0 radical (unpaired) electrons. The lowest BCUT2D eigenvalue weighted by Gasteiger charge is -2.66. The van der Waals surface area contributed by atoms with Crippen LogP contribution in [0.25, 0.3) is 0 Å². The Bertz CT molecular complexity index is 396. The summed E-state index contributed by atoms with van der Waals surface area (Å²) in [5.74, 6) is 1.71. The Morgan fingerprint density at radius 1 is 1.00 bits per heavy atom. The molecule has 0 aromatic heterocycles. The van der Waals surface area contributed by atoms with Gasteiger partial charge in [-0.25, -0.2) is 0 Å². The van der Waals surface area contributed by atoms with E-state index in [1.54, 1.807) is 0 Å². The van der Waals surface area contributed by atoms with Gasteiger partial charge in [-0.3, -0.25) is 0 Å². The highest BCUT2D eigenvalue weighted by Gasteiger charge is 2.60. The second-order valence-corrected chi connectivity index (χ2v) is 9.95. The van der Waals surface area contributed by atoms with Gasteiger partial charge >= 0.3 is 0 Å². The number of hydrogen-bond acceptors (Lipinski definition) is 2. The first-order chi connectivity index (χ1) is 9.90. The zero-order chi connectivity index (χ0) is 14.7. The SMILES string of the molecule is CC12CC3CC(C)(C1)CC(CC(N)C1CCOCC1)(C3)C2. The van der Waals surface area contributed by atoms with Gasteiger partial charge in [-0.2, -0.15) is 0 Å². The summed E-state index contributed by atoms with van der Waals surface area (Å²) in [6, 6.07) is 0.414. The summed E-state index contributed by atoms with van der Waals surface area (Å²) in [5, 5.41) is 0. The molecule has 0 aromatic carbocycles. The maximum Gasteiger partial charge on any atom is 0.0469 e. The first-order valence-electron chi connectivity index (χ1n) is 9.23. The number of nitrogens with two attached hydrogens (primary N) is 1. The van der Waals surface area contributed by atoms with Gasteiger partial charge in [-0.05, 0) is 85.9 Å². The Morgan fingerprint density at radius 3 is 2.19 bits per heavy atom. The molecule has 3 unspecified atom stereocenters. The van der Waals surface area contributed by atoms with E-state index in [9.17, 15) is 0 Å². The monoisotopic (exact) mass is 291 g/mol. The molecule has 120 valence electrons. The number of rotatable bonds is 3. The molecular weight excluding hydrogens is 258 g/mol. The van der Waals surface area contributed by atoms with Crippen LogP contribution in [0.4, 0.5) is 0 Å². The van der Waals surface area contributed by atoms with E-state index < -0.39 is 0 Å². The molecule has 2 heteroatoms. The van der Waals surface area contributed by atoms with Crippen LogP contribution in [-0.4, -0.2) is 19.3 Å². The molecule has 5 aliphatic rings. The first-order valence-corrected chi connectivity index (χ1v) is 9.23. The summed E-state index contributed by atoms with van der Waals surface area (Å²) in [7, 11) is 0. The fourth-order valence-electron chi connectivity index (χ4n) is 7.72. The van der Waals surface area contributed by atoms with Crippen molar-refractivity contribution in [3.8, 4) is 0 Å². The van der Waals surface area contributed by atoms with Crippen molar-refractivity contribution in [1.29, 1.82) is 0 Å². The number of ether oxygens (including phenoxy) is 1. The van der Waals surface area contributed by atoms with Crippen LogP contribution in [0, 0.1) is 28.1 Å². The second kappa shape index (κ2) is 4.71. The van der Waals surface area contributed by atoms with E-state index in [0.29, 0.717) is 28.2 Å². The highest BCUT2D eigenvalue weighted by atomic mass is 16.5. The van der Waals surface area contributed by atoms with Crippen molar-refractivity contribution in [2.24, 2.45) is 33.8 Å². The summed E-state index contributed by atoms with van der Waals surface area (Å²) in [6.45, 7) is 7.02. The van der Waals surface area contributed by atoms with Gasteiger partial charge in [-0.15, -0.1) is 0 Å². The van der Waals surface area contributed by atoms with Gasteiger partial charge in [0.25, 0.3) is 0 Å². The van der Waals surface area contributed by atoms with E-state index in [-0.39, 0.29) is 0 Å². The Morgan fingerprint density at radius 2 is 1.62 bits per heavy atom. The Hall–Kier alpha value is -0.0800. The normalized spacial score (nSPS) is 51.3. The largest absolute Gasteiger partial charge is 0.381 e. The van der Waals surface area contributed by atoms with E-state index in [2.05, 4.69) is 13.8 Å². The van der Waals surface area contributed by atoms with Crippen molar-refractivity contribution in [3.05, 3.63) is 0 Å². The molecule has 4 aliphatic carbocycles. The van der Waals surface area contributed by atoms with Gasteiger partial charge in [0, 0.05) is 19.3 Å². The molecule has 3 atom stereocenters. The van der Waals surface area contributed by atoms with E-state index in [4.69, 9.17) is 10.5 Å². The smallest absolute Gasteiger partial charge is 0.0469 e. The molecular formula is C19H33NO. The van der Waals surface area contributed by atoms with Crippen molar-refractivity contribution in [1.82, 2.24) is 0 Å². The third kappa shape index (κ3) is 2.57. The van der Waals surface area contributed by atoms with E-state index >= 15 is 0 Å². The van der Waals surface area contributed by atoms with Crippen molar-refractivity contribution in [2.45, 2.75) is 77.7 Å². The minimum absolute atomic E-state index is 0.414. The molecule has 21 heavy (non-hydrogen) atoms. The summed E-state index contributed by atoms with van der Waals surface area (Å²) in [4.78, 5) is 0. The van der Waals surface area contributed by atoms with Crippen molar-refractivity contribution in [2.75, 3.05) is 13.2 Å². The molecule has 0 spiro atoms. The predicted octanol–water partition coefficient (Wildman–Crippen LogP) is 4.13. The third-order valence-electron chi connectivity index (χ3n) is 7.28. The van der Waals surface area contributed by atoms with Crippen molar-refractivity contribution >= 4 is 0 Å². The predicted molar refractivity (Wildman–Crippen MR) is 86.0 cm³/mol. The molecule has 2 nitrogen and oxygen atoms in total. The molecule has 4 bridgehead atoms. The molecule has 5 rings (SSSR count). The van der Waals surface area contributed by atoms with Gasteiger partial charge in [0.15, 0.2) is 0 Å². The van der Waals surface area contributed by atoms with Crippen LogP contribution in [0.5, 0.6) is 0 Å². The molecule has 0 amide bonds. The highest BCUT2D eigenvalue weighted by Crippen LogP contribution is 2.70. The van der Waals surface area contributed by atoms with Crippen LogP contribution in [-0.2, 0) is 4.74 Å². The molecule has 1 saturated heterocycles.